The van der Waals surface area contributed by atoms with Crippen molar-refractivity contribution in [3.8, 4) is 0 Å². The van der Waals surface area contributed by atoms with Gasteiger partial charge in [0.2, 0.25) is 5.91 Å². The molecule has 0 aliphatic heterocycles. The average Bonchev–Trinajstić information content (AvgIpc) is 3.08. The first-order valence-corrected chi connectivity index (χ1v) is 10.3. The van der Waals surface area contributed by atoms with E-state index in [4.69, 9.17) is 11.6 Å². The molecular formula is C19H15ClF2N2OS2. The highest BCUT2D eigenvalue weighted by Gasteiger charge is 2.12. The van der Waals surface area contributed by atoms with Crippen LogP contribution in [0, 0.1) is 11.6 Å². The Morgan fingerprint density at radius 3 is 2.56 bits per heavy atom. The van der Waals surface area contributed by atoms with E-state index in [2.05, 4.69) is 10.3 Å². The third-order valence-corrected chi connectivity index (χ3v) is 6.06. The molecule has 1 amide bonds. The second kappa shape index (κ2) is 9.30. The number of halogens is 3. The van der Waals surface area contributed by atoms with Gasteiger partial charge in [-0.25, -0.2) is 13.8 Å². The van der Waals surface area contributed by atoms with E-state index in [9.17, 15) is 13.6 Å². The van der Waals surface area contributed by atoms with Gasteiger partial charge in [0.05, 0.1) is 12.1 Å². The van der Waals surface area contributed by atoms with Crippen LogP contribution >= 0.6 is 34.7 Å². The van der Waals surface area contributed by atoms with E-state index in [0.717, 1.165) is 27.8 Å². The molecule has 0 aliphatic carbocycles. The van der Waals surface area contributed by atoms with Crippen molar-refractivity contribution in [2.45, 2.75) is 23.1 Å². The van der Waals surface area contributed by atoms with Crippen LogP contribution in [0.4, 0.5) is 8.78 Å². The summed E-state index contributed by atoms with van der Waals surface area (Å²) in [5, 5.41) is 5.04. The summed E-state index contributed by atoms with van der Waals surface area (Å²) in [5.74, 6) is -0.935. The molecule has 8 heteroatoms. The van der Waals surface area contributed by atoms with E-state index >= 15 is 0 Å². The molecule has 1 aromatic heterocycles. The summed E-state index contributed by atoms with van der Waals surface area (Å²) in [6.45, 7) is -0.195. The van der Waals surface area contributed by atoms with Crippen molar-refractivity contribution < 1.29 is 13.6 Å². The maximum absolute atomic E-state index is 13.6. The van der Waals surface area contributed by atoms with Crippen LogP contribution < -0.4 is 5.32 Å². The third-order valence-electron chi connectivity index (χ3n) is 3.67. The Labute approximate surface area is 168 Å². The van der Waals surface area contributed by atoms with Crippen molar-refractivity contribution >= 4 is 40.6 Å². The lowest BCUT2D eigenvalue weighted by Crippen LogP contribution is -2.25. The quantitative estimate of drug-likeness (QED) is 0.528. The molecule has 2 aromatic carbocycles. The Morgan fingerprint density at radius 2 is 1.85 bits per heavy atom. The molecule has 0 aliphatic rings. The second-order valence-electron chi connectivity index (χ2n) is 5.67. The minimum atomic E-state index is -0.676. The Morgan fingerprint density at radius 1 is 1.15 bits per heavy atom. The van der Waals surface area contributed by atoms with Gasteiger partial charge < -0.3 is 5.32 Å². The molecular weight excluding hydrogens is 410 g/mol. The minimum Gasteiger partial charge on any atom is -0.351 e. The van der Waals surface area contributed by atoms with Gasteiger partial charge in [0.1, 0.15) is 16.0 Å². The number of thiazole rings is 1. The number of benzene rings is 2. The fourth-order valence-electron chi connectivity index (χ4n) is 2.28. The van der Waals surface area contributed by atoms with Crippen molar-refractivity contribution in [3.63, 3.8) is 0 Å². The van der Waals surface area contributed by atoms with Gasteiger partial charge in [0.25, 0.3) is 0 Å². The summed E-state index contributed by atoms with van der Waals surface area (Å²) in [6, 6.07) is 11.2. The lowest BCUT2D eigenvalue weighted by atomic mass is 10.2. The number of carbonyl (C=O) groups excluding carboxylic acids is 1. The molecule has 140 valence electrons. The van der Waals surface area contributed by atoms with E-state index in [0.29, 0.717) is 10.7 Å². The van der Waals surface area contributed by atoms with Crippen LogP contribution in [0.25, 0.3) is 0 Å². The summed E-state index contributed by atoms with van der Waals surface area (Å²) < 4.78 is 28.0. The van der Waals surface area contributed by atoms with E-state index in [1.165, 1.54) is 17.4 Å². The van der Waals surface area contributed by atoms with Gasteiger partial charge >= 0.3 is 0 Å². The predicted octanol–water partition coefficient (Wildman–Crippen LogP) is 5.23. The van der Waals surface area contributed by atoms with E-state index < -0.39 is 11.6 Å². The van der Waals surface area contributed by atoms with E-state index in [-0.39, 0.29) is 24.4 Å². The first-order chi connectivity index (χ1) is 13.0. The van der Waals surface area contributed by atoms with Gasteiger partial charge in [-0.15, -0.1) is 11.3 Å². The van der Waals surface area contributed by atoms with Gasteiger partial charge in [-0.2, -0.15) is 0 Å². The molecule has 3 rings (SSSR count). The number of rotatable bonds is 7. The number of hydrogen-bond donors (Lipinski definition) is 1. The molecule has 1 heterocycles. The van der Waals surface area contributed by atoms with Crippen molar-refractivity contribution in [3.05, 3.63) is 81.3 Å². The largest absolute Gasteiger partial charge is 0.351 e. The standard InChI is InChI=1S/C19H15ClF2N2OS2/c20-13-6-4-12(5-7-13)10-26-19-24-14(11-27-19)8-18(25)23-9-15-16(21)2-1-3-17(15)22/h1-7,11H,8-10H2,(H,23,25). The zero-order valence-electron chi connectivity index (χ0n) is 14.0. The number of carbonyl (C=O) groups is 1. The van der Waals surface area contributed by atoms with Crippen LogP contribution in [0.2, 0.25) is 5.02 Å². The summed E-state index contributed by atoms with van der Waals surface area (Å²) in [7, 11) is 0. The molecule has 0 saturated carbocycles. The highest BCUT2D eigenvalue weighted by molar-refractivity contribution is 8.00. The number of aromatic nitrogens is 1. The smallest absolute Gasteiger partial charge is 0.226 e. The summed E-state index contributed by atoms with van der Waals surface area (Å²) in [5.41, 5.74) is 1.61. The normalized spacial score (nSPS) is 10.8. The predicted molar refractivity (Wildman–Crippen MR) is 105 cm³/mol. The minimum absolute atomic E-state index is 0.0636. The number of nitrogens with one attached hydrogen (secondary N) is 1. The summed E-state index contributed by atoms with van der Waals surface area (Å²) >= 11 is 8.90. The van der Waals surface area contributed by atoms with Crippen LogP contribution in [0.15, 0.2) is 52.2 Å². The van der Waals surface area contributed by atoms with Gasteiger partial charge in [0.15, 0.2) is 0 Å². The van der Waals surface area contributed by atoms with Crippen LogP contribution in [-0.2, 0) is 23.5 Å². The van der Waals surface area contributed by atoms with E-state index in [1.54, 1.807) is 11.8 Å². The van der Waals surface area contributed by atoms with Crippen LogP contribution in [0.5, 0.6) is 0 Å². The Hall–Kier alpha value is -1.96. The highest BCUT2D eigenvalue weighted by atomic mass is 35.5. The van der Waals surface area contributed by atoms with Crippen molar-refractivity contribution in [2.24, 2.45) is 0 Å². The van der Waals surface area contributed by atoms with Crippen LogP contribution in [0.1, 0.15) is 16.8 Å². The SMILES string of the molecule is O=C(Cc1csc(SCc2ccc(Cl)cc2)n1)NCc1c(F)cccc1F. The second-order valence-corrected chi connectivity index (χ2v) is 8.19. The zero-order valence-corrected chi connectivity index (χ0v) is 16.4. The Bertz CT molecular complexity index is 911. The van der Waals surface area contributed by atoms with Gasteiger partial charge in [-0.1, -0.05) is 41.6 Å². The van der Waals surface area contributed by atoms with Gasteiger partial charge in [-0.3, -0.25) is 4.79 Å². The Balaban J connectivity index is 1.49. The average molecular weight is 425 g/mol. The molecule has 0 saturated heterocycles. The van der Waals surface area contributed by atoms with Crippen LogP contribution in [0.3, 0.4) is 0 Å². The number of thioether (sulfide) groups is 1. The molecule has 0 spiro atoms. The third kappa shape index (κ3) is 5.76. The van der Waals surface area contributed by atoms with Crippen molar-refractivity contribution in [1.82, 2.24) is 10.3 Å². The molecule has 1 N–H and O–H groups in total. The number of nitrogens with zero attached hydrogens (tertiary/aromatic N) is 1. The van der Waals surface area contributed by atoms with Crippen molar-refractivity contribution in [2.75, 3.05) is 0 Å². The molecule has 0 bridgehead atoms. The maximum atomic E-state index is 13.6. The molecule has 0 atom stereocenters. The fraction of sp³-hybridized carbons (Fsp3) is 0.158. The molecule has 3 aromatic rings. The monoisotopic (exact) mass is 424 g/mol. The van der Waals surface area contributed by atoms with E-state index in [1.807, 2.05) is 29.6 Å². The topological polar surface area (TPSA) is 42.0 Å². The molecule has 3 nitrogen and oxygen atoms in total. The molecule has 0 unspecified atom stereocenters. The lowest BCUT2D eigenvalue weighted by Gasteiger charge is -2.06. The Kier molecular flexibility index (Phi) is 6.82. The van der Waals surface area contributed by atoms with Crippen molar-refractivity contribution in [1.29, 1.82) is 0 Å². The number of amides is 1. The molecule has 27 heavy (non-hydrogen) atoms. The fourth-order valence-corrected chi connectivity index (χ4v) is 4.20. The first kappa shape index (κ1) is 19.8. The maximum Gasteiger partial charge on any atom is 0.226 e. The lowest BCUT2D eigenvalue weighted by molar-refractivity contribution is -0.120. The summed E-state index contributed by atoms with van der Waals surface area (Å²) in [6.07, 6.45) is 0.0636. The molecule has 0 radical (unpaired) electrons. The van der Waals surface area contributed by atoms with Gasteiger partial charge in [0, 0.05) is 28.3 Å². The highest BCUT2D eigenvalue weighted by Crippen LogP contribution is 2.27. The zero-order chi connectivity index (χ0) is 19.2. The summed E-state index contributed by atoms with van der Waals surface area (Å²) in [4.78, 5) is 16.4. The number of hydrogen-bond acceptors (Lipinski definition) is 4. The molecule has 0 fully saturated rings. The van der Waals surface area contributed by atoms with Gasteiger partial charge in [-0.05, 0) is 29.8 Å². The van der Waals surface area contributed by atoms with Crippen LogP contribution in [-0.4, -0.2) is 10.9 Å². The first-order valence-electron chi connectivity index (χ1n) is 8.02.